The summed E-state index contributed by atoms with van der Waals surface area (Å²) in [6.45, 7) is 3.04. The van der Waals surface area contributed by atoms with Crippen LogP contribution in [0.4, 0.5) is 10.5 Å². The molecule has 1 aliphatic heterocycles. The van der Waals surface area contributed by atoms with Crippen LogP contribution in [-0.4, -0.2) is 50.1 Å². The third kappa shape index (κ3) is 6.45. The maximum Gasteiger partial charge on any atom is 0.325 e. The number of para-hydroxylation sites is 2. The number of hydrogen-bond donors (Lipinski definition) is 3. The van der Waals surface area contributed by atoms with Gasteiger partial charge in [-0.15, -0.1) is 12.4 Å². The second kappa shape index (κ2) is 11.4. The molecule has 8 heteroatoms. The number of urea groups is 1. The first-order valence-electron chi connectivity index (χ1n) is 9.41. The molecule has 1 heterocycles. The molecule has 1 aliphatic rings. The summed E-state index contributed by atoms with van der Waals surface area (Å²) >= 11 is 0. The average molecular weight is 419 g/mol. The maximum absolute atomic E-state index is 12.2. The van der Waals surface area contributed by atoms with E-state index in [2.05, 4.69) is 26.9 Å². The minimum Gasteiger partial charge on any atom is -0.496 e. The fraction of sp³-hybridized carbons (Fsp3) is 0.333. The zero-order valence-corrected chi connectivity index (χ0v) is 17.2. The van der Waals surface area contributed by atoms with Gasteiger partial charge in [0.25, 0.3) is 0 Å². The van der Waals surface area contributed by atoms with Gasteiger partial charge in [-0.3, -0.25) is 15.0 Å². The lowest BCUT2D eigenvalue weighted by Crippen LogP contribution is -2.47. The van der Waals surface area contributed by atoms with Crippen LogP contribution in [0.3, 0.4) is 0 Å². The van der Waals surface area contributed by atoms with Gasteiger partial charge in [0, 0.05) is 43.9 Å². The molecule has 0 aromatic heterocycles. The van der Waals surface area contributed by atoms with Crippen molar-refractivity contribution >= 4 is 30.0 Å². The van der Waals surface area contributed by atoms with E-state index in [0.29, 0.717) is 12.2 Å². The molecule has 29 heavy (non-hydrogen) atoms. The normalized spacial score (nSPS) is 16.4. The predicted octanol–water partition coefficient (Wildman–Crippen LogP) is 2.80. The largest absolute Gasteiger partial charge is 0.496 e. The van der Waals surface area contributed by atoms with Crippen molar-refractivity contribution in [2.75, 3.05) is 38.6 Å². The first kappa shape index (κ1) is 22.7. The Morgan fingerprint density at radius 3 is 2.62 bits per heavy atom. The number of anilines is 1. The molecular weight excluding hydrogens is 392 g/mol. The number of amides is 3. The van der Waals surface area contributed by atoms with Crippen LogP contribution in [0, 0.1) is 0 Å². The van der Waals surface area contributed by atoms with Crippen LogP contribution >= 0.6 is 12.4 Å². The number of piperazine rings is 1. The number of nitrogens with one attached hydrogen (secondary N) is 3. The molecule has 1 atom stereocenters. The molecule has 7 nitrogen and oxygen atoms in total. The highest BCUT2D eigenvalue weighted by Gasteiger charge is 2.26. The minimum absolute atomic E-state index is 0. The molecule has 0 spiro atoms. The maximum atomic E-state index is 12.2. The molecule has 0 aliphatic carbocycles. The molecular formula is C21H27ClN4O3. The number of carbonyl (C=O) groups excluding carboxylic acids is 2. The van der Waals surface area contributed by atoms with Gasteiger partial charge in [0.2, 0.25) is 5.91 Å². The average Bonchev–Trinajstić information content (AvgIpc) is 2.73. The first-order valence-corrected chi connectivity index (χ1v) is 9.41. The Kier molecular flexibility index (Phi) is 8.92. The van der Waals surface area contributed by atoms with Crippen LogP contribution in [-0.2, 0) is 4.79 Å². The summed E-state index contributed by atoms with van der Waals surface area (Å²) in [6.07, 6.45) is 0.244. The molecule has 0 bridgehead atoms. The van der Waals surface area contributed by atoms with Crippen LogP contribution in [0.2, 0.25) is 0 Å². The molecule has 1 saturated heterocycles. The van der Waals surface area contributed by atoms with E-state index in [1.807, 2.05) is 36.4 Å². The van der Waals surface area contributed by atoms with Gasteiger partial charge in [0.1, 0.15) is 5.75 Å². The van der Waals surface area contributed by atoms with Crippen molar-refractivity contribution in [3.63, 3.8) is 0 Å². The molecule has 2 aromatic rings. The first-order chi connectivity index (χ1) is 13.7. The van der Waals surface area contributed by atoms with E-state index in [9.17, 15) is 9.59 Å². The summed E-state index contributed by atoms with van der Waals surface area (Å²) in [6, 6.07) is 16.6. The number of halogens is 1. The number of ether oxygens (including phenoxy) is 1. The zero-order valence-electron chi connectivity index (χ0n) is 16.4. The van der Waals surface area contributed by atoms with Crippen LogP contribution < -0.4 is 20.7 Å². The lowest BCUT2D eigenvalue weighted by Gasteiger charge is -2.36. The summed E-state index contributed by atoms with van der Waals surface area (Å²) in [5, 5.41) is 8.44. The van der Waals surface area contributed by atoms with E-state index >= 15 is 0 Å². The lowest BCUT2D eigenvalue weighted by molar-refractivity contribution is -0.120. The van der Waals surface area contributed by atoms with Crippen LogP contribution in [0.15, 0.2) is 54.6 Å². The number of hydrogen-bond acceptors (Lipinski definition) is 5. The number of nitrogens with zero attached hydrogens (tertiary/aromatic N) is 1. The van der Waals surface area contributed by atoms with Crippen LogP contribution in [0.25, 0.3) is 0 Å². The molecule has 1 fully saturated rings. The van der Waals surface area contributed by atoms with E-state index in [1.165, 1.54) is 0 Å². The number of methoxy groups -OCH3 is 1. The number of benzene rings is 2. The van der Waals surface area contributed by atoms with E-state index in [-0.39, 0.29) is 30.8 Å². The third-order valence-electron chi connectivity index (χ3n) is 4.76. The molecule has 0 saturated carbocycles. The van der Waals surface area contributed by atoms with Gasteiger partial charge in [-0.25, -0.2) is 4.79 Å². The summed E-state index contributed by atoms with van der Waals surface area (Å²) in [5.74, 6) is 0.540. The Morgan fingerprint density at radius 1 is 1.14 bits per heavy atom. The van der Waals surface area contributed by atoms with Crippen molar-refractivity contribution in [2.45, 2.75) is 12.5 Å². The summed E-state index contributed by atoms with van der Waals surface area (Å²) in [7, 11) is 1.66. The minimum atomic E-state index is -0.516. The molecule has 1 unspecified atom stereocenters. The van der Waals surface area contributed by atoms with Gasteiger partial charge in [-0.1, -0.05) is 36.4 Å². The zero-order chi connectivity index (χ0) is 19.8. The highest BCUT2D eigenvalue weighted by molar-refractivity contribution is 6.01. The van der Waals surface area contributed by atoms with Crippen LogP contribution in [0.1, 0.15) is 18.0 Å². The highest BCUT2D eigenvalue weighted by atomic mass is 35.5. The fourth-order valence-corrected chi connectivity index (χ4v) is 3.38. The third-order valence-corrected chi connectivity index (χ3v) is 4.76. The Hall–Kier alpha value is -2.61. The van der Waals surface area contributed by atoms with E-state index < -0.39 is 6.03 Å². The van der Waals surface area contributed by atoms with Crippen molar-refractivity contribution in [1.29, 1.82) is 0 Å². The molecule has 2 aromatic carbocycles. The van der Waals surface area contributed by atoms with Gasteiger partial charge in [0.15, 0.2) is 0 Å². The number of carbonyl (C=O) groups is 2. The standard InChI is InChI=1S/C21H26N4O3.ClH/c1-28-19-10-6-5-9-17(19)18-15-22-12-14-25(18)13-11-20(26)24-21(27)23-16-7-3-2-4-8-16;/h2-10,18,22H,11-15H2,1H3,(H2,23,24,26,27);1H. The van der Waals surface area contributed by atoms with Gasteiger partial charge in [-0.2, -0.15) is 0 Å². The van der Waals surface area contributed by atoms with Gasteiger partial charge < -0.3 is 15.4 Å². The molecule has 3 rings (SSSR count). The van der Waals surface area contributed by atoms with Crippen molar-refractivity contribution in [1.82, 2.24) is 15.5 Å². The fourth-order valence-electron chi connectivity index (χ4n) is 3.38. The second-order valence-corrected chi connectivity index (χ2v) is 6.62. The Bertz CT molecular complexity index is 804. The van der Waals surface area contributed by atoms with Crippen molar-refractivity contribution < 1.29 is 14.3 Å². The van der Waals surface area contributed by atoms with E-state index in [1.54, 1.807) is 19.2 Å². The van der Waals surface area contributed by atoms with Gasteiger partial charge in [0.05, 0.1) is 13.2 Å². The Morgan fingerprint density at radius 2 is 1.86 bits per heavy atom. The SMILES string of the molecule is COc1ccccc1C1CNCCN1CCC(=O)NC(=O)Nc1ccccc1.Cl. The van der Waals surface area contributed by atoms with Crippen molar-refractivity contribution in [2.24, 2.45) is 0 Å². The lowest BCUT2D eigenvalue weighted by atomic mass is 10.0. The monoisotopic (exact) mass is 418 g/mol. The quantitative estimate of drug-likeness (QED) is 0.672. The number of rotatable bonds is 6. The van der Waals surface area contributed by atoms with E-state index in [0.717, 1.165) is 30.9 Å². The van der Waals surface area contributed by atoms with Gasteiger partial charge in [-0.05, 0) is 18.2 Å². The van der Waals surface area contributed by atoms with Gasteiger partial charge >= 0.3 is 6.03 Å². The number of imide groups is 1. The summed E-state index contributed by atoms with van der Waals surface area (Å²) in [4.78, 5) is 26.4. The molecule has 156 valence electrons. The molecule has 0 radical (unpaired) electrons. The topological polar surface area (TPSA) is 82.7 Å². The highest BCUT2D eigenvalue weighted by Crippen LogP contribution is 2.30. The molecule has 3 amide bonds. The van der Waals surface area contributed by atoms with Crippen molar-refractivity contribution in [3.8, 4) is 5.75 Å². The van der Waals surface area contributed by atoms with Crippen molar-refractivity contribution in [3.05, 3.63) is 60.2 Å². The van der Waals surface area contributed by atoms with Crippen LogP contribution in [0.5, 0.6) is 5.75 Å². The molecule has 3 N–H and O–H groups in total. The summed E-state index contributed by atoms with van der Waals surface area (Å²) in [5.41, 5.74) is 1.74. The predicted molar refractivity (Wildman–Crippen MR) is 116 cm³/mol. The van der Waals surface area contributed by atoms with E-state index in [4.69, 9.17) is 4.74 Å². The second-order valence-electron chi connectivity index (χ2n) is 6.62. The smallest absolute Gasteiger partial charge is 0.325 e. The Labute approximate surface area is 177 Å². The summed E-state index contributed by atoms with van der Waals surface area (Å²) < 4.78 is 5.50. The Balaban J connectivity index is 0.00000300.